The number of methoxy groups -OCH3 is 1. The van der Waals surface area contributed by atoms with Crippen LogP contribution in [0, 0.1) is 0 Å². The predicted octanol–water partition coefficient (Wildman–Crippen LogP) is 3.26. The van der Waals surface area contributed by atoms with Crippen molar-refractivity contribution in [1.82, 2.24) is 21.3 Å². The van der Waals surface area contributed by atoms with Gasteiger partial charge < -0.3 is 30.7 Å². The SMILES string of the molecule is COC(=O)[C@H](Cc1ccccc1)NC(=O)[C@H](Cc1ccccc1)NC(=O)[C@H](Cc1ccccc1)NC(=O)[C@H](C)NC(=O)OC(C)(C)C. The van der Waals surface area contributed by atoms with Gasteiger partial charge in [-0.05, 0) is 44.4 Å². The molecule has 0 saturated carbocycles. The van der Waals surface area contributed by atoms with E-state index in [0.717, 1.165) is 16.7 Å². The first-order chi connectivity index (χ1) is 22.3. The van der Waals surface area contributed by atoms with Gasteiger partial charge in [0.25, 0.3) is 0 Å². The summed E-state index contributed by atoms with van der Waals surface area (Å²) < 4.78 is 10.2. The molecule has 4 N–H and O–H groups in total. The summed E-state index contributed by atoms with van der Waals surface area (Å²) in [4.78, 5) is 65.8. The number of ether oxygens (including phenoxy) is 2. The normalized spacial score (nSPS) is 13.6. The lowest BCUT2D eigenvalue weighted by molar-refractivity contribution is -0.145. The van der Waals surface area contributed by atoms with Crippen LogP contribution in [0.4, 0.5) is 4.79 Å². The van der Waals surface area contributed by atoms with Gasteiger partial charge in [0.05, 0.1) is 7.11 Å². The number of benzene rings is 3. The van der Waals surface area contributed by atoms with Crippen molar-refractivity contribution < 1.29 is 33.4 Å². The molecule has 11 heteroatoms. The Kier molecular flexibility index (Phi) is 13.5. The van der Waals surface area contributed by atoms with Crippen LogP contribution >= 0.6 is 0 Å². The molecule has 47 heavy (non-hydrogen) atoms. The summed E-state index contributed by atoms with van der Waals surface area (Å²) in [5.41, 5.74) is 1.58. The van der Waals surface area contributed by atoms with Gasteiger partial charge in [0.1, 0.15) is 29.8 Å². The first-order valence-corrected chi connectivity index (χ1v) is 15.4. The van der Waals surface area contributed by atoms with Crippen LogP contribution in [0.2, 0.25) is 0 Å². The van der Waals surface area contributed by atoms with Crippen molar-refractivity contribution in [1.29, 1.82) is 0 Å². The fourth-order valence-corrected chi connectivity index (χ4v) is 4.69. The average Bonchev–Trinajstić information content (AvgIpc) is 3.03. The largest absolute Gasteiger partial charge is 0.467 e. The topological polar surface area (TPSA) is 152 Å². The van der Waals surface area contributed by atoms with Crippen LogP contribution in [-0.2, 0) is 47.9 Å². The van der Waals surface area contributed by atoms with Crippen molar-refractivity contribution in [3.05, 3.63) is 108 Å². The van der Waals surface area contributed by atoms with Gasteiger partial charge in [-0.15, -0.1) is 0 Å². The lowest BCUT2D eigenvalue weighted by atomic mass is 10.0. The fourth-order valence-electron chi connectivity index (χ4n) is 4.69. The van der Waals surface area contributed by atoms with E-state index in [4.69, 9.17) is 9.47 Å². The fraction of sp³-hybridized carbons (Fsp3) is 0.361. The second-order valence-corrected chi connectivity index (χ2v) is 12.1. The van der Waals surface area contributed by atoms with Crippen LogP contribution in [0.5, 0.6) is 0 Å². The first kappa shape index (κ1) is 36.3. The minimum absolute atomic E-state index is 0.107. The van der Waals surface area contributed by atoms with Crippen LogP contribution in [-0.4, -0.2) is 66.7 Å². The van der Waals surface area contributed by atoms with Gasteiger partial charge in [-0.1, -0.05) is 91.0 Å². The van der Waals surface area contributed by atoms with Crippen molar-refractivity contribution >= 4 is 29.8 Å². The summed E-state index contributed by atoms with van der Waals surface area (Å²) in [5.74, 6) is -2.48. The zero-order valence-corrected chi connectivity index (χ0v) is 27.4. The Morgan fingerprint density at radius 3 is 1.32 bits per heavy atom. The lowest BCUT2D eigenvalue weighted by Gasteiger charge is -2.26. The molecule has 0 heterocycles. The zero-order chi connectivity index (χ0) is 34.4. The van der Waals surface area contributed by atoms with Crippen molar-refractivity contribution in [3.8, 4) is 0 Å². The van der Waals surface area contributed by atoms with Gasteiger partial charge >= 0.3 is 12.1 Å². The van der Waals surface area contributed by atoms with E-state index < -0.39 is 59.6 Å². The molecule has 250 valence electrons. The van der Waals surface area contributed by atoms with Crippen LogP contribution in [0.15, 0.2) is 91.0 Å². The molecule has 3 rings (SSSR count). The smallest absolute Gasteiger partial charge is 0.408 e. The summed E-state index contributed by atoms with van der Waals surface area (Å²) in [6.07, 6.45) is -0.379. The minimum Gasteiger partial charge on any atom is -0.467 e. The molecule has 0 unspecified atom stereocenters. The third kappa shape index (κ3) is 12.6. The molecular weight excluding hydrogens is 600 g/mol. The molecule has 0 spiro atoms. The molecule has 0 fully saturated rings. The van der Waals surface area contributed by atoms with Crippen molar-refractivity contribution in [2.24, 2.45) is 0 Å². The Hall–Kier alpha value is -5.19. The molecule has 4 atom stereocenters. The van der Waals surface area contributed by atoms with Gasteiger partial charge in [0, 0.05) is 19.3 Å². The molecule has 3 aromatic rings. The second kappa shape index (κ2) is 17.5. The van der Waals surface area contributed by atoms with Crippen molar-refractivity contribution in [2.45, 2.75) is 76.7 Å². The third-order valence-corrected chi connectivity index (χ3v) is 7.04. The maximum Gasteiger partial charge on any atom is 0.408 e. The van der Waals surface area contributed by atoms with Crippen LogP contribution in [0.25, 0.3) is 0 Å². The molecule has 0 aliphatic rings. The predicted molar refractivity (Wildman–Crippen MR) is 177 cm³/mol. The molecule has 0 saturated heterocycles. The molecule has 0 aliphatic heterocycles. The number of hydrogen-bond donors (Lipinski definition) is 4. The number of hydrogen-bond acceptors (Lipinski definition) is 7. The first-order valence-electron chi connectivity index (χ1n) is 15.4. The Morgan fingerprint density at radius 1 is 0.574 bits per heavy atom. The van der Waals surface area contributed by atoms with E-state index in [1.54, 1.807) is 20.8 Å². The molecule has 0 aliphatic carbocycles. The van der Waals surface area contributed by atoms with Gasteiger partial charge in [-0.3, -0.25) is 14.4 Å². The monoisotopic (exact) mass is 644 g/mol. The molecule has 0 aromatic heterocycles. The number of rotatable bonds is 14. The van der Waals surface area contributed by atoms with E-state index >= 15 is 0 Å². The maximum atomic E-state index is 13.9. The summed E-state index contributed by atoms with van der Waals surface area (Å²) in [6.45, 7) is 6.58. The highest BCUT2D eigenvalue weighted by atomic mass is 16.6. The van der Waals surface area contributed by atoms with Crippen LogP contribution in [0.3, 0.4) is 0 Å². The van der Waals surface area contributed by atoms with Gasteiger partial charge in [-0.25, -0.2) is 9.59 Å². The number of esters is 1. The standard InChI is InChI=1S/C36H44N4O7/c1-24(37-35(45)47-36(2,3)4)31(41)38-28(21-25-15-9-6-10-16-25)32(42)39-29(22-26-17-11-7-12-18-26)33(43)40-30(34(44)46-5)23-27-19-13-8-14-20-27/h6-20,24,28-30H,21-23H2,1-5H3,(H,37,45)(H,38,41)(H,39,42)(H,40,43)/t24-,28-,29-,30-/m0/s1. The number of carbonyl (C=O) groups excluding carboxylic acids is 5. The summed E-state index contributed by atoms with van der Waals surface area (Å²) >= 11 is 0. The van der Waals surface area contributed by atoms with Gasteiger partial charge in [-0.2, -0.15) is 0 Å². The molecule has 0 bridgehead atoms. The third-order valence-electron chi connectivity index (χ3n) is 7.04. The van der Waals surface area contributed by atoms with E-state index in [0.29, 0.717) is 0 Å². The Labute approximate surface area is 275 Å². The van der Waals surface area contributed by atoms with E-state index in [-0.39, 0.29) is 19.3 Å². The lowest BCUT2D eigenvalue weighted by Crippen LogP contribution is -2.58. The zero-order valence-electron chi connectivity index (χ0n) is 27.4. The molecule has 4 amide bonds. The summed E-state index contributed by atoms with van der Waals surface area (Å²) in [6, 6.07) is 23.1. The average molecular weight is 645 g/mol. The highest BCUT2D eigenvalue weighted by molar-refractivity contribution is 5.95. The second-order valence-electron chi connectivity index (χ2n) is 12.1. The Bertz CT molecular complexity index is 1480. The number of carbonyl (C=O) groups is 5. The van der Waals surface area contributed by atoms with E-state index in [1.165, 1.54) is 14.0 Å². The van der Waals surface area contributed by atoms with Gasteiger partial charge in [0.2, 0.25) is 17.7 Å². The van der Waals surface area contributed by atoms with Gasteiger partial charge in [0.15, 0.2) is 0 Å². The van der Waals surface area contributed by atoms with Crippen LogP contribution in [0.1, 0.15) is 44.4 Å². The number of amides is 4. The molecule has 0 radical (unpaired) electrons. The Balaban J connectivity index is 1.84. The van der Waals surface area contributed by atoms with Crippen molar-refractivity contribution in [3.63, 3.8) is 0 Å². The highest BCUT2D eigenvalue weighted by Gasteiger charge is 2.31. The van der Waals surface area contributed by atoms with E-state index in [2.05, 4.69) is 21.3 Å². The molecular formula is C36H44N4O7. The maximum absolute atomic E-state index is 13.9. The van der Waals surface area contributed by atoms with Crippen LogP contribution < -0.4 is 21.3 Å². The quantitative estimate of drug-likeness (QED) is 0.197. The number of nitrogens with one attached hydrogen (secondary N) is 4. The Morgan fingerprint density at radius 2 is 0.936 bits per heavy atom. The summed E-state index contributed by atoms with van der Waals surface area (Å²) in [7, 11) is 1.24. The molecule has 3 aromatic carbocycles. The number of alkyl carbamates (subject to hydrolysis) is 1. The molecule has 11 nitrogen and oxygen atoms in total. The van der Waals surface area contributed by atoms with E-state index in [1.807, 2.05) is 91.0 Å². The highest BCUT2D eigenvalue weighted by Crippen LogP contribution is 2.10. The minimum atomic E-state index is -1.11. The van der Waals surface area contributed by atoms with E-state index in [9.17, 15) is 24.0 Å². The summed E-state index contributed by atoms with van der Waals surface area (Å²) in [5, 5.41) is 10.7. The van der Waals surface area contributed by atoms with Crippen molar-refractivity contribution in [2.75, 3.05) is 7.11 Å².